The third-order valence-corrected chi connectivity index (χ3v) is 5.03. The van der Waals surface area contributed by atoms with E-state index in [0.29, 0.717) is 22.9 Å². The van der Waals surface area contributed by atoms with Crippen molar-refractivity contribution in [1.82, 2.24) is 4.90 Å². The Morgan fingerprint density at radius 1 is 1.00 bits per heavy atom. The number of imide groups is 1. The van der Waals surface area contributed by atoms with Gasteiger partial charge in [-0.25, -0.2) is 8.78 Å². The van der Waals surface area contributed by atoms with Gasteiger partial charge in [0.25, 0.3) is 11.8 Å². The van der Waals surface area contributed by atoms with E-state index in [1.807, 2.05) is 0 Å². The van der Waals surface area contributed by atoms with E-state index >= 15 is 0 Å². The van der Waals surface area contributed by atoms with Crippen LogP contribution in [0, 0.1) is 5.82 Å². The minimum absolute atomic E-state index is 0.0322. The van der Waals surface area contributed by atoms with Crippen molar-refractivity contribution >= 4 is 28.7 Å². The molecule has 4 nitrogen and oxygen atoms in total. The Labute approximate surface area is 153 Å². The maximum atomic E-state index is 14.1. The molecule has 1 aliphatic rings. The summed E-state index contributed by atoms with van der Waals surface area (Å²) in [5, 5.41) is -0.794. The first-order valence-corrected chi connectivity index (χ1v) is 8.86. The van der Waals surface area contributed by atoms with E-state index in [0.717, 1.165) is 4.90 Å². The van der Waals surface area contributed by atoms with Gasteiger partial charge in [0.2, 0.25) is 5.12 Å². The molecule has 26 heavy (non-hydrogen) atoms. The van der Waals surface area contributed by atoms with Crippen LogP contribution in [0.4, 0.5) is 8.78 Å². The highest BCUT2D eigenvalue weighted by Gasteiger charge is 2.34. The summed E-state index contributed by atoms with van der Waals surface area (Å²) in [6, 6.07) is 12.1. The molecule has 1 unspecified atom stereocenters. The van der Waals surface area contributed by atoms with Crippen molar-refractivity contribution in [3.63, 3.8) is 0 Å². The van der Waals surface area contributed by atoms with Crippen LogP contribution in [-0.2, 0) is 4.79 Å². The van der Waals surface area contributed by atoms with Gasteiger partial charge in [0, 0.05) is 6.54 Å². The molecule has 3 rings (SSSR count). The number of rotatable bonds is 6. The number of thioether (sulfide) groups is 1. The first-order chi connectivity index (χ1) is 12.5. The zero-order valence-corrected chi connectivity index (χ0v) is 14.5. The largest absolute Gasteiger partial charge is 0.283 e. The smallest absolute Gasteiger partial charge is 0.261 e. The molecule has 2 aromatic rings. The zero-order valence-electron chi connectivity index (χ0n) is 13.7. The predicted octanol–water partition coefficient (Wildman–Crippen LogP) is 3.86. The summed E-state index contributed by atoms with van der Waals surface area (Å²) >= 11 is 0.516. The third kappa shape index (κ3) is 3.67. The second-order valence-electron chi connectivity index (χ2n) is 5.77. The van der Waals surface area contributed by atoms with Crippen molar-refractivity contribution in [1.29, 1.82) is 0 Å². The van der Waals surface area contributed by atoms with Crippen LogP contribution in [0.2, 0.25) is 0 Å². The van der Waals surface area contributed by atoms with Gasteiger partial charge in [-0.2, -0.15) is 0 Å². The van der Waals surface area contributed by atoms with Gasteiger partial charge < -0.3 is 0 Å². The SMILES string of the molecule is O=C(Sc1ccccc1F)C(F)CCCN1C(=O)c2ccccc2C1=O. The summed E-state index contributed by atoms with van der Waals surface area (Å²) in [6.45, 7) is 0.0322. The summed E-state index contributed by atoms with van der Waals surface area (Å²) in [4.78, 5) is 37.4. The molecule has 1 heterocycles. The van der Waals surface area contributed by atoms with Crippen molar-refractivity contribution in [3.8, 4) is 0 Å². The van der Waals surface area contributed by atoms with Crippen molar-refractivity contribution < 1.29 is 23.2 Å². The Hall–Kier alpha value is -2.54. The lowest BCUT2D eigenvalue weighted by Gasteiger charge is -2.14. The average molecular weight is 375 g/mol. The van der Waals surface area contributed by atoms with Crippen molar-refractivity contribution in [2.45, 2.75) is 23.9 Å². The lowest BCUT2D eigenvalue weighted by atomic mass is 10.1. The van der Waals surface area contributed by atoms with E-state index < -0.39 is 28.9 Å². The molecule has 0 bridgehead atoms. The fourth-order valence-corrected chi connectivity index (χ4v) is 3.46. The summed E-state index contributed by atoms with van der Waals surface area (Å²) in [5.41, 5.74) is 0.668. The van der Waals surface area contributed by atoms with Crippen LogP contribution < -0.4 is 0 Å². The van der Waals surface area contributed by atoms with Crippen molar-refractivity contribution in [2.24, 2.45) is 0 Å². The van der Waals surface area contributed by atoms with Crippen molar-refractivity contribution in [3.05, 3.63) is 65.5 Å². The Morgan fingerprint density at radius 3 is 2.19 bits per heavy atom. The number of amides is 2. The van der Waals surface area contributed by atoms with Crippen LogP contribution in [0.25, 0.3) is 0 Å². The molecule has 2 amide bonds. The van der Waals surface area contributed by atoms with Gasteiger partial charge in [-0.15, -0.1) is 0 Å². The summed E-state index contributed by atoms with van der Waals surface area (Å²) in [5.74, 6) is -1.40. The van der Waals surface area contributed by atoms with Gasteiger partial charge in [0.1, 0.15) is 5.82 Å². The fourth-order valence-electron chi connectivity index (χ4n) is 2.69. The lowest BCUT2D eigenvalue weighted by molar-refractivity contribution is -0.115. The Morgan fingerprint density at radius 2 is 1.58 bits per heavy atom. The van der Waals surface area contributed by atoms with E-state index in [1.165, 1.54) is 18.2 Å². The zero-order chi connectivity index (χ0) is 18.7. The summed E-state index contributed by atoms with van der Waals surface area (Å²) in [7, 11) is 0. The maximum Gasteiger partial charge on any atom is 0.261 e. The molecule has 0 saturated heterocycles. The quantitative estimate of drug-likeness (QED) is 0.568. The first kappa shape index (κ1) is 18.3. The molecule has 0 radical (unpaired) electrons. The Bertz CT molecular complexity index is 836. The molecule has 1 aliphatic heterocycles. The van der Waals surface area contributed by atoms with Crippen LogP contribution in [-0.4, -0.2) is 34.5 Å². The highest BCUT2D eigenvalue weighted by molar-refractivity contribution is 8.13. The normalized spacial score (nSPS) is 14.5. The lowest BCUT2D eigenvalue weighted by Crippen LogP contribution is -2.31. The molecule has 0 N–H and O–H groups in total. The van der Waals surface area contributed by atoms with E-state index in [-0.39, 0.29) is 24.3 Å². The minimum Gasteiger partial charge on any atom is -0.283 e. The number of benzene rings is 2. The average Bonchev–Trinajstić information content (AvgIpc) is 2.88. The Kier molecular flexibility index (Phi) is 5.46. The molecule has 0 fully saturated rings. The molecule has 0 aromatic heterocycles. The van der Waals surface area contributed by atoms with Gasteiger partial charge >= 0.3 is 0 Å². The monoisotopic (exact) mass is 375 g/mol. The number of alkyl halides is 1. The number of nitrogens with zero attached hydrogens (tertiary/aromatic N) is 1. The van der Waals surface area contributed by atoms with Gasteiger partial charge in [0.05, 0.1) is 16.0 Å². The van der Waals surface area contributed by atoms with E-state index in [9.17, 15) is 23.2 Å². The maximum absolute atomic E-state index is 14.1. The molecular formula is C19H15F2NO3S. The topological polar surface area (TPSA) is 54.5 Å². The van der Waals surface area contributed by atoms with Crippen LogP contribution in [0.5, 0.6) is 0 Å². The molecule has 134 valence electrons. The van der Waals surface area contributed by atoms with Crippen molar-refractivity contribution in [2.75, 3.05) is 6.54 Å². The molecule has 2 aromatic carbocycles. The second kappa shape index (κ2) is 7.78. The molecule has 0 saturated carbocycles. The number of hydrogen-bond donors (Lipinski definition) is 0. The summed E-state index contributed by atoms with van der Waals surface area (Å²) < 4.78 is 27.6. The second-order valence-corrected chi connectivity index (χ2v) is 6.82. The van der Waals surface area contributed by atoms with Gasteiger partial charge in [0.15, 0.2) is 6.17 Å². The van der Waals surface area contributed by atoms with E-state index in [1.54, 1.807) is 30.3 Å². The van der Waals surface area contributed by atoms with Gasteiger partial charge in [-0.05, 0) is 48.9 Å². The molecule has 1 atom stereocenters. The van der Waals surface area contributed by atoms with Gasteiger partial charge in [-0.3, -0.25) is 19.3 Å². The number of halogens is 2. The third-order valence-electron chi connectivity index (χ3n) is 4.02. The molecular weight excluding hydrogens is 360 g/mol. The van der Waals surface area contributed by atoms with Crippen LogP contribution in [0.1, 0.15) is 33.6 Å². The van der Waals surface area contributed by atoms with Crippen LogP contribution >= 0.6 is 11.8 Å². The highest BCUT2D eigenvalue weighted by atomic mass is 32.2. The molecule has 0 spiro atoms. The van der Waals surface area contributed by atoms with E-state index in [4.69, 9.17) is 0 Å². The fraction of sp³-hybridized carbons (Fsp3) is 0.211. The number of carbonyl (C=O) groups excluding carboxylic acids is 3. The Balaban J connectivity index is 1.52. The van der Waals surface area contributed by atoms with Crippen LogP contribution in [0.3, 0.4) is 0 Å². The minimum atomic E-state index is -1.80. The molecule has 0 aliphatic carbocycles. The van der Waals surface area contributed by atoms with Gasteiger partial charge in [-0.1, -0.05) is 24.3 Å². The standard InChI is InChI=1S/C19H15F2NO3S/c20-14-8-3-4-10-16(14)26-19(25)15(21)9-5-11-22-17(23)12-6-1-2-7-13(12)18(22)24/h1-4,6-8,10,15H,5,9,11H2. The summed E-state index contributed by atoms with van der Waals surface area (Å²) in [6.07, 6.45) is -1.79. The number of carbonyl (C=O) groups is 3. The van der Waals surface area contributed by atoms with Crippen LogP contribution in [0.15, 0.2) is 53.4 Å². The highest BCUT2D eigenvalue weighted by Crippen LogP contribution is 2.26. The van der Waals surface area contributed by atoms with E-state index in [2.05, 4.69) is 0 Å². The first-order valence-electron chi connectivity index (χ1n) is 8.04. The number of fused-ring (bicyclic) bond motifs is 1. The number of hydrogen-bond acceptors (Lipinski definition) is 4. The predicted molar refractivity (Wildman–Crippen MR) is 93.2 cm³/mol. The molecule has 7 heteroatoms.